The molecule has 0 saturated carbocycles. The number of hydrogen-bond acceptors (Lipinski definition) is 6. The molecule has 4 rings (SSSR count). The molecule has 13 heteroatoms. The van der Waals surface area contributed by atoms with Crippen molar-refractivity contribution in [2.75, 3.05) is 19.0 Å². The van der Waals surface area contributed by atoms with Crippen molar-refractivity contribution in [3.8, 4) is 11.5 Å². The topological polar surface area (TPSA) is 84.9 Å². The molecule has 3 aromatic rings. The molecule has 0 aromatic heterocycles. The van der Waals surface area contributed by atoms with Gasteiger partial charge in [0.05, 0.1) is 23.3 Å². The van der Waals surface area contributed by atoms with Gasteiger partial charge in [-0.1, -0.05) is 44.0 Å². The van der Waals surface area contributed by atoms with Crippen molar-refractivity contribution in [2.24, 2.45) is 0 Å². The summed E-state index contributed by atoms with van der Waals surface area (Å²) in [5.41, 5.74) is 0.201. The number of thioether (sulfide) groups is 1. The third-order valence-electron chi connectivity index (χ3n) is 5.54. The average molecular weight is 700 g/mol. The number of ether oxygens (including phenoxy) is 2. The van der Waals surface area contributed by atoms with E-state index >= 15 is 0 Å². The van der Waals surface area contributed by atoms with Crippen LogP contribution in [0, 0.1) is 0 Å². The van der Waals surface area contributed by atoms with Crippen LogP contribution >= 0.6 is 43.6 Å². The fourth-order valence-electron chi connectivity index (χ4n) is 3.60. The van der Waals surface area contributed by atoms with E-state index in [9.17, 15) is 27.6 Å². The third-order valence-corrected chi connectivity index (χ3v) is 7.47. The zero-order valence-electron chi connectivity index (χ0n) is 20.6. The van der Waals surface area contributed by atoms with Crippen LogP contribution in [0.15, 0.2) is 74.5 Å². The number of anilines is 1. The standard InChI is InChI=1S/C27H19Br2F3N2O5S/c1-38-22-8-4-17(27(30,31)32)12-20(22)33-24(35)13-34-25(36)23(40-26(34)37)11-16-10-19(29)7-9-21(16)39-14-15-2-5-18(28)6-3-15/h2-12H,13-14H2,1H3,(H,33,35)/b23-11-. The van der Waals surface area contributed by atoms with Gasteiger partial charge in [0.2, 0.25) is 5.91 Å². The molecule has 1 fully saturated rings. The van der Waals surface area contributed by atoms with Crippen LogP contribution < -0.4 is 14.8 Å². The van der Waals surface area contributed by atoms with Crippen molar-refractivity contribution in [1.82, 2.24) is 4.90 Å². The Hall–Kier alpha value is -3.29. The molecule has 0 unspecified atom stereocenters. The second kappa shape index (κ2) is 12.5. The molecule has 0 spiro atoms. The van der Waals surface area contributed by atoms with Crippen molar-refractivity contribution < 1.29 is 37.0 Å². The van der Waals surface area contributed by atoms with Crippen molar-refractivity contribution in [3.63, 3.8) is 0 Å². The highest BCUT2D eigenvalue weighted by molar-refractivity contribution is 9.10. The lowest BCUT2D eigenvalue weighted by molar-refractivity contribution is -0.137. The number of halogens is 5. The summed E-state index contributed by atoms with van der Waals surface area (Å²) >= 11 is 7.41. The Kier molecular flexibility index (Phi) is 9.26. The van der Waals surface area contributed by atoms with Gasteiger partial charge >= 0.3 is 6.18 Å². The first-order valence-corrected chi connectivity index (χ1v) is 13.8. The Balaban J connectivity index is 1.49. The van der Waals surface area contributed by atoms with E-state index in [0.717, 1.165) is 22.2 Å². The molecule has 0 bridgehead atoms. The minimum Gasteiger partial charge on any atom is -0.495 e. The van der Waals surface area contributed by atoms with E-state index < -0.39 is 35.3 Å². The Morgan fingerprint density at radius 1 is 1.00 bits per heavy atom. The number of nitrogens with one attached hydrogen (secondary N) is 1. The lowest BCUT2D eigenvalue weighted by Gasteiger charge is -2.16. The van der Waals surface area contributed by atoms with Gasteiger partial charge in [-0.3, -0.25) is 19.3 Å². The number of methoxy groups -OCH3 is 1. The maximum atomic E-state index is 13.1. The van der Waals surface area contributed by atoms with E-state index in [4.69, 9.17) is 9.47 Å². The van der Waals surface area contributed by atoms with Gasteiger partial charge < -0.3 is 14.8 Å². The molecule has 0 radical (unpaired) electrons. The first-order valence-electron chi connectivity index (χ1n) is 11.4. The molecule has 40 heavy (non-hydrogen) atoms. The van der Waals surface area contributed by atoms with Crippen molar-refractivity contribution in [2.45, 2.75) is 12.8 Å². The van der Waals surface area contributed by atoms with Crippen LogP contribution in [-0.2, 0) is 22.4 Å². The van der Waals surface area contributed by atoms with Gasteiger partial charge in [-0.2, -0.15) is 13.2 Å². The molecule has 3 aromatic carbocycles. The third kappa shape index (κ3) is 7.26. The largest absolute Gasteiger partial charge is 0.495 e. The van der Waals surface area contributed by atoms with E-state index in [0.29, 0.717) is 38.5 Å². The number of nitrogens with zero attached hydrogens (tertiary/aromatic N) is 1. The molecule has 1 heterocycles. The van der Waals surface area contributed by atoms with E-state index in [1.165, 1.54) is 13.2 Å². The van der Waals surface area contributed by atoms with Crippen LogP contribution in [0.1, 0.15) is 16.7 Å². The number of hydrogen-bond donors (Lipinski definition) is 1. The van der Waals surface area contributed by atoms with Crippen molar-refractivity contribution in [1.29, 1.82) is 0 Å². The summed E-state index contributed by atoms with van der Waals surface area (Å²) in [4.78, 5) is 39.0. The van der Waals surface area contributed by atoms with E-state index in [1.807, 2.05) is 24.3 Å². The van der Waals surface area contributed by atoms with Gasteiger partial charge in [-0.25, -0.2) is 0 Å². The van der Waals surface area contributed by atoms with Crippen LogP contribution in [0.25, 0.3) is 6.08 Å². The minimum atomic E-state index is -4.64. The highest BCUT2D eigenvalue weighted by atomic mass is 79.9. The van der Waals surface area contributed by atoms with E-state index in [-0.39, 0.29) is 22.9 Å². The van der Waals surface area contributed by atoms with Crippen molar-refractivity contribution in [3.05, 3.63) is 91.2 Å². The first-order chi connectivity index (χ1) is 18.9. The van der Waals surface area contributed by atoms with Gasteiger partial charge in [-0.15, -0.1) is 0 Å². The van der Waals surface area contributed by atoms with Gasteiger partial charge in [0.1, 0.15) is 24.7 Å². The van der Waals surface area contributed by atoms with Gasteiger partial charge in [0.15, 0.2) is 0 Å². The maximum absolute atomic E-state index is 13.1. The quantitative estimate of drug-likeness (QED) is 0.245. The predicted molar refractivity (Wildman–Crippen MR) is 152 cm³/mol. The smallest absolute Gasteiger partial charge is 0.416 e. The van der Waals surface area contributed by atoms with Crippen LogP contribution in [0.4, 0.5) is 23.7 Å². The first kappa shape index (κ1) is 29.7. The van der Waals surface area contributed by atoms with Gasteiger partial charge in [0, 0.05) is 14.5 Å². The maximum Gasteiger partial charge on any atom is 0.416 e. The highest BCUT2D eigenvalue weighted by Crippen LogP contribution is 2.37. The Bertz CT molecular complexity index is 1500. The summed E-state index contributed by atoms with van der Waals surface area (Å²) in [6, 6.07) is 15.4. The number of carbonyl (C=O) groups excluding carboxylic acids is 3. The molecular weight excluding hydrogens is 681 g/mol. The second-order valence-electron chi connectivity index (χ2n) is 8.33. The normalized spacial score (nSPS) is 14.6. The molecule has 0 aliphatic carbocycles. The summed E-state index contributed by atoms with van der Waals surface area (Å²) in [6.45, 7) is -0.441. The molecule has 1 aliphatic heterocycles. The Morgan fingerprint density at radius 3 is 2.35 bits per heavy atom. The number of rotatable bonds is 8. The molecule has 1 saturated heterocycles. The monoisotopic (exact) mass is 698 g/mol. The van der Waals surface area contributed by atoms with Crippen molar-refractivity contribution >= 4 is 72.4 Å². The number of imide groups is 1. The van der Waals surface area contributed by atoms with E-state index in [1.54, 1.807) is 18.2 Å². The molecule has 7 nitrogen and oxygen atoms in total. The predicted octanol–water partition coefficient (Wildman–Crippen LogP) is 7.49. The molecular formula is C27H19Br2F3N2O5S. The number of carbonyl (C=O) groups is 3. The molecule has 3 amide bonds. The Morgan fingerprint density at radius 2 is 1.68 bits per heavy atom. The number of amides is 3. The second-order valence-corrected chi connectivity index (χ2v) is 11.2. The molecule has 1 aliphatic rings. The zero-order chi connectivity index (χ0) is 29.0. The minimum absolute atomic E-state index is 0.0132. The summed E-state index contributed by atoms with van der Waals surface area (Å²) in [7, 11) is 1.23. The van der Waals surface area contributed by atoms with E-state index in [2.05, 4.69) is 37.2 Å². The molecule has 0 atom stereocenters. The average Bonchev–Trinajstić information content (AvgIpc) is 3.15. The van der Waals surface area contributed by atoms with Crippen LogP contribution in [-0.4, -0.2) is 35.6 Å². The fraction of sp³-hybridized carbons (Fsp3) is 0.148. The summed E-state index contributed by atoms with van der Waals surface area (Å²) < 4.78 is 52.0. The zero-order valence-corrected chi connectivity index (χ0v) is 24.5. The van der Waals surface area contributed by atoms with Crippen LogP contribution in [0.2, 0.25) is 0 Å². The van der Waals surface area contributed by atoms with Crippen LogP contribution in [0.3, 0.4) is 0 Å². The lowest BCUT2D eigenvalue weighted by Crippen LogP contribution is -2.36. The van der Waals surface area contributed by atoms with Crippen LogP contribution in [0.5, 0.6) is 11.5 Å². The lowest BCUT2D eigenvalue weighted by atomic mass is 10.1. The number of benzene rings is 3. The summed E-state index contributed by atoms with van der Waals surface area (Å²) in [6.07, 6.45) is -3.16. The molecule has 208 valence electrons. The fourth-order valence-corrected chi connectivity index (χ4v) is 5.07. The Labute approximate surface area is 248 Å². The van der Waals surface area contributed by atoms with Gasteiger partial charge in [0.25, 0.3) is 11.1 Å². The SMILES string of the molecule is COc1ccc(C(F)(F)F)cc1NC(=O)CN1C(=O)S/C(=C\c2cc(Br)ccc2OCc2ccc(Br)cc2)C1=O. The van der Waals surface area contributed by atoms with Gasteiger partial charge in [-0.05, 0) is 71.9 Å². The summed E-state index contributed by atoms with van der Waals surface area (Å²) in [5, 5.41) is 1.59. The highest BCUT2D eigenvalue weighted by Gasteiger charge is 2.37. The molecule has 1 N–H and O–H groups in total. The number of alkyl halides is 3. The summed E-state index contributed by atoms with van der Waals surface area (Å²) in [5.74, 6) is -1.14.